The molecule has 0 fully saturated rings. The van der Waals surface area contributed by atoms with E-state index in [2.05, 4.69) is 20.2 Å². The average Bonchev–Trinajstić information content (AvgIpc) is 3.03. The molecule has 1 N–H and O–H groups in total. The van der Waals surface area contributed by atoms with Gasteiger partial charge < -0.3 is 0 Å². The number of nitrogens with one attached hydrogen (secondary N) is 1. The third-order valence-corrected chi connectivity index (χ3v) is 4.98. The van der Waals surface area contributed by atoms with Crippen molar-refractivity contribution in [3.8, 4) is 5.69 Å². The lowest BCUT2D eigenvalue weighted by atomic mass is 10.3. The number of rotatable bonds is 5. The fraction of sp³-hybridized carbons (Fsp3) is 0.0714. The first kappa shape index (κ1) is 15.6. The van der Waals surface area contributed by atoms with Gasteiger partial charge in [-0.1, -0.05) is 41.9 Å². The second kappa shape index (κ2) is 6.45. The fourth-order valence-corrected chi connectivity index (χ4v) is 3.48. The van der Waals surface area contributed by atoms with Crippen LogP contribution < -0.4 is 4.72 Å². The number of para-hydroxylation sites is 1. The van der Waals surface area contributed by atoms with E-state index in [-0.39, 0.29) is 16.5 Å². The molecule has 9 heteroatoms. The number of hydrogen-bond acceptors (Lipinski definition) is 5. The van der Waals surface area contributed by atoms with Gasteiger partial charge in [-0.2, -0.15) is 4.68 Å². The Kier molecular flexibility index (Phi) is 4.37. The summed E-state index contributed by atoms with van der Waals surface area (Å²) in [5.41, 5.74) is 0.740. The van der Waals surface area contributed by atoms with E-state index in [9.17, 15) is 8.42 Å². The van der Waals surface area contributed by atoms with Gasteiger partial charge in [-0.15, -0.1) is 5.10 Å². The first-order chi connectivity index (χ1) is 11.1. The molecule has 3 rings (SSSR count). The number of benzene rings is 2. The molecule has 0 amide bonds. The second-order valence-corrected chi connectivity index (χ2v) is 6.74. The number of hydrogen-bond donors (Lipinski definition) is 1. The molecule has 1 aromatic heterocycles. The number of nitrogens with zero attached hydrogens (tertiary/aromatic N) is 4. The summed E-state index contributed by atoms with van der Waals surface area (Å²) in [7, 11) is -3.76. The molecule has 1 heterocycles. The van der Waals surface area contributed by atoms with Crippen LogP contribution in [0.15, 0.2) is 59.5 Å². The fourth-order valence-electron chi connectivity index (χ4n) is 1.99. The normalized spacial score (nSPS) is 11.5. The van der Waals surface area contributed by atoms with Crippen LogP contribution in [0.5, 0.6) is 0 Å². The highest BCUT2D eigenvalue weighted by Gasteiger charge is 2.18. The minimum Gasteiger partial charge on any atom is -0.207 e. The van der Waals surface area contributed by atoms with Gasteiger partial charge >= 0.3 is 0 Å². The van der Waals surface area contributed by atoms with Crippen molar-refractivity contribution < 1.29 is 8.42 Å². The number of sulfonamides is 1. The highest BCUT2D eigenvalue weighted by Crippen LogP contribution is 2.20. The molecule has 118 valence electrons. The Morgan fingerprint density at radius 2 is 1.74 bits per heavy atom. The van der Waals surface area contributed by atoms with Gasteiger partial charge in [0.05, 0.1) is 17.3 Å². The van der Waals surface area contributed by atoms with E-state index >= 15 is 0 Å². The van der Waals surface area contributed by atoms with Crippen LogP contribution in [-0.4, -0.2) is 28.6 Å². The van der Waals surface area contributed by atoms with E-state index in [4.69, 9.17) is 11.6 Å². The molecule has 23 heavy (non-hydrogen) atoms. The van der Waals surface area contributed by atoms with Gasteiger partial charge in [0, 0.05) is 0 Å². The van der Waals surface area contributed by atoms with Crippen LogP contribution in [-0.2, 0) is 16.6 Å². The molecule has 0 aliphatic rings. The summed E-state index contributed by atoms with van der Waals surface area (Å²) >= 11 is 5.93. The van der Waals surface area contributed by atoms with E-state index in [1.807, 2.05) is 30.3 Å². The SMILES string of the molecule is O=S(=O)(NCc1nnnn1-c1ccccc1)c1ccccc1Cl. The zero-order chi connectivity index (χ0) is 16.3. The topological polar surface area (TPSA) is 89.8 Å². The quantitative estimate of drug-likeness (QED) is 0.758. The minimum atomic E-state index is -3.76. The van der Waals surface area contributed by atoms with Crippen LogP contribution in [0.25, 0.3) is 5.69 Å². The largest absolute Gasteiger partial charge is 0.242 e. The molecule has 2 aromatic carbocycles. The molecule has 0 saturated carbocycles. The van der Waals surface area contributed by atoms with Crippen molar-refractivity contribution in [3.05, 3.63) is 65.4 Å². The van der Waals surface area contributed by atoms with Gasteiger partial charge in [0.15, 0.2) is 5.82 Å². The van der Waals surface area contributed by atoms with E-state index in [1.165, 1.54) is 16.8 Å². The maximum Gasteiger partial charge on any atom is 0.242 e. The van der Waals surface area contributed by atoms with Gasteiger partial charge in [-0.3, -0.25) is 0 Å². The molecular weight excluding hydrogens is 338 g/mol. The summed E-state index contributed by atoms with van der Waals surface area (Å²) in [6, 6.07) is 15.4. The molecule has 0 spiro atoms. The Morgan fingerprint density at radius 1 is 1.04 bits per heavy atom. The lowest BCUT2D eigenvalue weighted by Gasteiger charge is -2.08. The molecule has 0 aliphatic carbocycles. The van der Waals surface area contributed by atoms with Gasteiger partial charge in [0.1, 0.15) is 4.90 Å². The van der Waals surface area contributed by atoms with Crippen molar-refractivity contribution in [1.82, 2.24) is 24.9 Å². The summed E-state index contributed by atoms with van der Waals surface area (Å²) < 4.78 is 28.6. The van der Waals surface area contributed by atoms with Crippen molar-refractivity contribution in [1.29, 1.82) is 0 Å². The number of tetrazole rings is 1. The van der Waals surface area contributed by atoms with E-state index in [1.54, 1.807) is 12.1 Å². The maximum atomic E-state index is 12.3. The monoisotopic (exact) mass is 349 g/mol. The Balaban J connectivity index is 1.82. The predicted molar refractivity (Wildman–Crippen MR) is 84.6 cm³/mol. The Morgan fingerprint density at radius 3 is 2.48 bits per heavy atom. The lowest BCUT2D eigenvalue weighted by molar-refractivity contribution is 0.578. The zero-order valence-corrected chi connectivity index (χ0v) is 13.4. The second-order valence-electron chi connectivity index (χ2n) is 4.60. The van der Waals surface area contributed by atoms with Crippen molar-refractivity contribution >= 4 is 21.6 Å². The van der Waals surface area contributed by atoms with Gasteiger partial charge in [-0.05, 0) is 34.7 Å². The van der Waals surface area contributed by atoms with Crippen LogP contribution >= 0.6 is 11.6 Å². The third kappa shape index (κ3) is 3.39. The minimum absolute atomic E-state index is 0.0143. The summed E-state index contributed by atoms with van der Waals surface area (Å²) in [6.07, 6.45) is 0. The third-order valence-electron chi connectivity index (χ3n) is 3.08. The highest BCUT2D eigenvalue weighted by atomic mass is 35.5. The molecular formula is C14H12ClN5O2S. The summed E-state index contributed by atoms with van der Waals surface area (Å²) in [6.45, 7) is -0.0601. The molecule has 0 bridgehead atoms. The average molecular weight is 350 g/mol. The Hall–Kier alpha value is -2.29. The zero-order valence-electron chi connectivity index (χ0n) is 11.8. The smallest absolute Gasteiger partial charge is 0.207 e. The lowest BCUT2D eigenvalue weighted by Crippen LogP contribution is -2.25. The standard InChI is InChI=1S/C14H12ClN5O2S/c15-12-8-4-5-9-13(12)23(21,22)16-10-14-17-18-19-20(14)11-6-2-1-3-7-11/h1-9,16H,10H2. The summed E-state index contributed by atoms with van der Waals surface area (Å²) in [5, 5.41) is 11.5. The molecule has 0 unspecified atom stereocenters. The first-order valence-electron chi connectivity index (χ1n) is 6.65. The number of halogens is 1. The summed E-state index contributed by atoms with van der Waals surface area (Å²) in [4.78, 5) is 0.0143. The Labute approximate surface area is 138 Å². The van der Waals surface area contributed by atoms with E-state index in [0.717, 1.165) is 5.69 Å². The molecule has 0 atom stereocenters. The van der Waals surface area contributed by atoms with Crippen LogP contribution in [0.2, 0.25) is 5.02 Å². The van der Waals surface area contributed by atoms with Gasteiger partial charge in [-0.25, -0.2) is 13.1 Å². The van der Waals surface area contributed by atoms with Crippen LogP contribution in [0.1, 0.15) is 5.82 Å². The molecule has 3 aromatic rings. The Bertz CT molecular complexity index is 912. The van der Waals surface area contributed by atoms with Crippen LogP contribution in [0.4, 0.5) is 0 Å². The first-order valence-corrected chi connectivity index (χ1v) is 8.51. The van der Waals surface area contributed by atoms with Crippen molar-refractivity contribution in [2.45, 2.75) is 11.4 Å². The molecule has 7 nitrogen and oxygen atoms in total. The van der Waals surface area contributed by atoms with Crippen molar-refractivity contribution in [2.75, 3.05) is 0 Å². The van der Waals surface area contributed by atoms with Crippen molar-refractivity contribution in [3.63, 3.8) is 0 Å². The van der Waals surface area contributed by atoms with Crippen molar-refractivity contribution in [2.24, 2.45) is 0 Å². The number of aromatic nitrogens is 4. The van der Waals surface area contributed by atoms with E-state index in [0.29, 0.717) is 5.82 Å². The molecule has 0 saturated heterocycles. The maximum absolute atomic E-state index is 12.3. The van der Waals surface area contributed by atoms with Gasteiger partial charge in [0.25, 0.3) is 0 Å². The van der Waals surface area contributed by atoms with Crippen LogP contribution in [0.3, 0.4) is 0 Å². The van der Waals surface area contributed by atoms with E-state index < -0.39 is 10.0 Å². The predicted octanol–water partition coefficient (Wildman–Crippen LogP) is 1.79. The van der Waals surface area contributed by atoms with Gasteiger partial charge in [0.2, 0.25) is 10.0 Å². The summed E-state index contributed by atoms with van der Waals surface area (Å²) in [5.74, 6) is 0.367. The molecule has 0 aliphatic heterocycles. The van der Waals surface area contributed by atoms with Crippen LogP contribution in [0, 0.1) is 0 Å². The molecule has 0 radical (unpaired) electrons. The highest BCUT2D eigenvalue weighted by molar-refractivity contribution is 7.89.